The zero-order chi connectivity index (χ0) is 15.2. The Morgan fingerprint density at radius 3 is 2.24 bits per heavy atom. The van der Waals surface area contributed by atoms with Gasteiger partial charge in [-0.25, -0.2) is 4.39 Å². The molecule has 0 saturated heterocycles. The van der Waals surface area contributed by atoms with Crippen molar-refractivity contribution >= 4 is 17.4 Å². The second-order valence-electron chi connectivity index (χ2n) is 4.38. The normalized spacial score (nSPS) is 10.0. The maximum atomic E-state index is 12.8. The fraction of sp³-hybridized carbons (Fsp3) is 0.125. The van der Waals surface area contributed by atoms with Gasteiger partial charge in [-0.1, -0.05) is 0 Å². The number of hydrogen-bond acceptors (Lipinski definition) is 3. The third-order valence-corrected chi connectivity index (χ3v) is 2.86. The van der Waals surface area contributed by atoms with Gasteiger partial charge in [0.25, 0.3) is 0 Å². The highest BCUT2D eigenvalue weighted by Gasteiger charge is 2.12. The fourth-order valence-corrected chi connectivity index (χ4v) is 1.76. The lowest BCUT2D eigenvalue weighted by Crippen LogP contribution is -2.16. The van der Waals surface area contributed by atoms with Crippen LogP contribution < -0.4 is 10.1 Å². The number of methoxy groups -OCH3 is 1. The van der Waals surface area contributed by atoms with E-state index in [1.165, 1.54) is 24.3 Å². The summed E-state index contributed by atoms with van der Waals surface area (Å²) in [5.74, 6) is -0.528. The van der Waals surface area contributed by atoms with Crippen LogP contribution in [-0.2, 0) is 4.79 Å². The molecule has 5 heteroatoms. The fourth-order valence-electron chi connectivity index (χ4n) is 1.76. The Balaban J connectivity index is 1.94. The monoisotopic (exact) mass is 287 g/mol. The van der Waals surface area contributed by atoms with Crippen LogP contribution in [0.4, 0.5) is 10.1 Å². The zero-order valence-corrected chi connectivity index (χ0v) is 11.4. The highest BCUT2D eigenvalue weighted by molar-refractivity contribution is 6.10. The van der Waals surface area contributed by atoms with E-state index in [0.717, 1.165) is 0 Å². The van der Waals surface area contributed by atoms with Gasteiger partial charge in [-0.15, -0.1) is 0 Å². The summed E-state index contributed by atoms with van der Waals surface area (Å²) < 4.78 is 17.8. The molecule has 0 radical (unpaired) electrons. The van der Waals surface area contributed by atoms with Crippen LogP contribution in [0.2, 0.25) is 0 Å². The van der Waals surface area contributed by atoms with Crippen LogP contribution in [0.5, 0.6) is 5.75 Å². The molecule has 0 fully saturated rings. The number of hydrogen-bond donors (Lipinski definition) is 1. The number of halogens is 1. The SMILES string of the molecule is COc1ccc(NC(=O)CC(=O)c2ccc(F)cc2)cc1. The summed E-state index contributed by atoms with van der Waals surface area (Å²) in [5.41, 5.74) is 0.883. The molecule has 0 unspecified atom stereocenters. The summed E-state index contributed by atoms with van der Waals surface area (Å²) in [7, 11) is 1.55. The van der Waals surface area contributed by atoms with Crippen molar-refractivity contribution < 1.29 is 18.7 Å². The van der Waals surface area contributed by atoms with E-state index in [-0.39, 0.29) is 12.2 Å². The van der Waals surface area contributed by atoms with Gasteiger partial charge in [0.2, 0.25) is 5.91 Å². The first-order valence-corrected chi connectivity index (χ1v) is 6.31. The maximum Gasteiger partial charge on any atom is 0.232 e. The number of Topliss-reactive ketones (excluding diaryl/α,β-unsaturated/α-hetero) is 1. The van der Waals surface area contributed by atoms with Crippen LogP contribution in [0, 0.1) is 5.82 Å². The van der Waals surface area contributed by atoms with E-state index >= 15 is 0 Å². The molecule has 0 saturated carbocycles. The molecule has 4 nitrogen and oxygen atoms in total. The van der Waals surface area contributed by atoms with Gasteiger partial charge in [-0.05, 0) is 48.5 Å². The molecule has 0 aromatic heterocycles. The molecule has 0 atom stereocenters. The molecule has 0 aliphatic heterocycles. The van der Waals surface area contributed by atoms with Gasteiger partial charge in [0, 0.05) is 11.3 Å². The molecule has 2 aromatic carbocycles. The highest BCUT2D eigenvalue weighted by atomic mass is 19.1. The molecule has 108 valence electrons. The number of carbonyl (C=O) groups is 2. The summed E-state index contributed by atoms with van der Waals surface area (Å²) in [5, 5.41) is 2.62. The molecule has 2 aromatic rings. The number of ether oxygens (including phenoxy) is 1. The molecule has 2 rings (SSSR count). The van der Waals surface area contributed by atoms with Crippen molar-refractivity contribution in [2.24, 2.45) is 0 Å². The van der Waals surface area contributed by atoms with Crippen molar-refractivity contribution in [3.8, 4) is 5.75 Å². The predicted octanol–water partition coefficient (Wildman–Crippen LogP) is 3.05. The van der Waals surface area contributed by atoms with Crippen molar-refractivity contribution in [3.05, 3.63) is 59.9 Å². The minimum absolute atomic E-state index is 0.294. The Morgan fingerprint density at radius 1 is 1.05 bits per heavy atom. The lowest BCUT2D eigenvalue weighted by molar-refractivity contribution is -0.115. The minimum atomic E-state index is -0.422. The zero-order valence-electron chi connectivity index (χ0n) is 11.4. The van der Waals surface area contributed by atoms with Crippen LogP contribution in [0.1, 0.15) is 16.8 Å². The second-order valence-corrected chi connectivity index (χ2v) is 4.38. The Labute approximate surface area is 121 Å². The number of rotatable bonds is 5. The molecular weight excluding hydrogens is 273 g/mol. The Bertz CT molecular complexity index is 636. The Kier molecular flexibility index (Phi) is 4.66. The van der Waals surface area contributed by atoms with Gasteiger partial charge in [0.15, 0.2) is 5.78 Å². The van der Waals surface area contributed by atoms with E-state index in [4.69, 9.17) is 4.74 Å². The van der Waals surface area contributed by atoms with Crippen molar-refractivity contribution in [2.75, 3.05) is 12.4 Å². The number of nitrogens with one attached hydrogen (secondary N) is 1. The molecule has 0 heterocycles. The number of amides is 1. The van der Waals surface area contributed by atoms with E-state index in [1.54, 1.807) is 31.4 Å². The summed E-state index contributed by atoms with van der Waals surface area (Å²) in [6.45, 7) is 0. The number of carbonyl (C=O) groups excluding carboxylic acids is 2. The number of anilines is 1. The third-order valence-electron chi connectivity index (χ3n) is 2.86. The molecule has 21 heavy (non-hydrogen) atoms. The molecule has 1 N–H and O–H groups in total. The first kappa shape index (κ1) is 14.7. The summed E-state index contributed by atoms with van der Waals surface area (Å²) in [6.07, 6.45) is -0.294. The topological polar surface area (TPSA) is 55.4 Å². The van der Waals surface area contributed by atoms with Gasteiger partial charge in [0.05, 0.1) is 13.5 Å². The van der Waals surface area contributed by atoms with Crippen LogP contribution in [0.25, 0.3) is 0 Å². The van der Waals surface area contributed by atoms with Gasteiger partial charge < -0.3 is 10.1 Å². The maximum absolute atomic E-state index is 12.8. The molecular formula is C16H14FNO3. The average molecular weight is 287 g/mol. The first-order valence-electron chi connectivity index (χ1n) is 6.31. The minimum Gasteiger partial charge on any atom is -0.497 e. The van der Waals surface area contributed by atoms with Crippen molar-refractivity contribution in [2.45, 2.75) is 6.42 Å². The first-order chi connectivity index (χ1) is 10.1. The summed E-state index contributed by atoms with van der Waals surface area (Å²) in [6, 6.07) is 11.9. The third kappa shape index (κ3) is 4.14. The van der Waals surface area contributed by atoms with Crippen molar-refractivity contribution in [3.63, 3.8) is 0 Å². The van der Waals surface area contributed by atoms with Gasteiger partial charge in [-0.2, -0.15) is 0 Å². The Morgan fingerprint density at radius 2 is 1.67 bits per heavy atom. The summed E-state index contributed by atoms with van der Waals surface area (Å²) in [4.78, 5) is 23.6. The summed E-state index contributed by atoms with van der Waals surface area (Å²) >= 11 is 0. The average Bonchev–Trinajstić information content (AvgIpc) is 2.48. The molecule has 0 aliphatic rings. The Hall–Kier alpha value is -2.69. The van der Waals surface area contributed by atoms with Crippen LogP contribution in [0.3, 0.4) is 0 Å². The standard InChI is InChI=1S/C16H14FNO3/c1-21-14-8-6-13(7-9-14)18-16(20)10-15(19)11-2-4-12(17)5-3-11/h2-9H,10H2,1H3,(H,18,20). The number of benzene rings is 2. The van der Waals surface area contributed by atoms with Crippen LogP contribution in [-0.4, -0.2) is 18.8 Å². The van der Waals surface area contributed by atoms with Crippen molar-refractivity contribution in [1.82, 2.24) is 0 Å². The number of ketones is 1. The quantitative estimate of drug-likeness (QED) is 0.679. The smallest absolute Gasteiger partial charge is 0.232 e. The molecule has 0 aliphatic carbocycles. The van der Waals surface area contributed by atoms with E-state index in [9.17, 15) is 14.0 Å². The van der Waals surface area contributed by atoms with E-state index in [2.05, 4.69) is 5.32 Å². The molecule has 0 spiro atoms. The highest BCUT2D eigenvalue weighted by Crippen LogP contribution is 2.15. The predicted molar refractivity (Wildman–Crippen MR) is 77.0 cm³/mol. The second kappa shape index (κ2) is 6.65. The molecule has 0 bridgehead atoms. The van der Waals surface area contributed by atoms with Crippen molar-refractivity contribution in [1.29, 1.82) is 0 Å². The van der Waals surface area contributed by atoms with Gasteiger partial charge in [0.1, 0.15) is 11.6 Å². The van der Waals surface area contributed by atoms with E-state index in [1.807, 2.05) is 0 Å². The van der Waals surface area contributed by atoms with Crippen LogP contribution in [0.15, 0.2) is 48.5 Å². The van der Waals surface area contributed by atoms with E-state index < -0.39 is 11.7 Å². The largest absolute Gasteiger partial charge is 0.497 e. The lowest BCUT2D eigenvalue weighted by atomic mass is 10.1. The van der Waals surface area contributed by atoms with Crippen LogP contribution >= 0.6 is 0 Å². The van der Waals surface area contributed by atoms with E-state index in [0.29, 0.717) is 17.0 Å². The van der Waals surface area contributed by atoms with Gasteiger partial charge >= 0.3 is 0 Å². The molecule has 1 amide bonds. The van der Waals surface area contributed by atoms with Gasteiger partial charge in [-0.3, -0.25) is 9.59 Å². The lowest BCUT2D eigenvalue weighted by Gasteiger charge is -2.06.